The topological polar surface area (TPSA) is 49.3 Å². The summed E-state index contributed by atoms with van der Waals surface area (Å²) in [5, 5.41) is 11.8. The van der Waals surface area contributed by atoms with Crippen LogP contribution in [0.1, 0.15) is 21.5 Å². The molecule has 0 aliphatic rings. The Morgan fingerprint density at radius 2 is 1.89 bits per heavy atom. The molecule has 0 spiro atoms. The third-order valence-corrected chi connectivity index (χ3v) is 3.32. The lowest BCUT2D eigenvalue weighted by Crippen LogP contribution is -2.13. The van der Waals surface area contributed by atoms with Crippen molar-refractivity contribution < 1.29 is 9.90 Å². The Kier molecular flexibility index (Phi) is 4.35. The summed E-state index contributed by atoms with van der Waals surface area (Å²) in [5.74, 6) is -0.137. The first-order chi connectivity index (χ1) is 9.10. The maximum atomic E-state index is 12.1. The number of aliphatic hydroxyl groups excluding tert-OH is 1. The average Bonchev–Trinajstić information content (AvgIpc) is 2.39. The Morgan fingerprint density at radius 1 is 1.21 bits per heavy atom. The molecule has 2 rings (SSSR count). The van der Waals surface area contributed by atoms with E-state index in [-0.39, 0.29) is 12.5 Å². The zero-order chi connectivity index (χ0) is 13.8. The van der Waals surface area contributed by atoms with Crippen LogP contribution < -0.4 is 5.32 Å². The first-order valence-electron chi connectivity index (χ1n) is 5.87. The fourth-order valence-electron chi connectivity index (χ4n) is 1.77. The molecule has 0 aliphatic carbocycles. The van der Waals surface area contributed by atoms with Crippen LogP contribution in [0.3, 0.4) is 0 Å². The van der Waals surface area contributed by atoms with E-state index in [1.165, 1.54) is 0 Å². The molecule has 2 N–H and O–H groups in total. The number of rotatable bonds is 3. The van der Waals surface area contributed by atoms with Gasteiger partial charge < -0.3 is 10.4 Å². The molecule has 2 aromatic carbocycles. The van der Waals surface area contributed by atoms with E-state index in [1.54, 1.807) is 30.3 Å². The maximum absolute atomic E-state index is 12.1. The van der Waals surface area contributed by atoms with Crippen molar-refractivity contribution in [1.82, 2.24) is 0 Å². The second kappa shape index (κ2) is 5.99. The lowest BCUT2D eigenvalue weighted by molar-refractivity contribution is 0.102. The molecule has 4 heteroatoms. The van der Waals surface area contributed by atoms with Gasteiger partial charge in [0.1, 0.15) is 0 Å². The molecular formula is C15H14BrNO2. The van der Waals surface area contributed by atoms with Crippen LogP contribution in [-0.4, -0.2) is 11.0 Å². The van der Waals surface area contributed by atoms with Crippen LogP contribution in [0.5, 0.6) is 0 Å². The predicted octanol–water partition coefficient (Wildman–Crippen LogP) is 3.50. The quantitative estimate of drug-likeness (QED) is 0.909. The van der Waals surface area contributed by atoms with Crippen LogP contribution in [0.25, 0.3) is 0 Å². The summed E-state index contributed by atoms with van der Waals surface area (Å²) in [6.45, 7) is 1.90. The fraction of sp³-hybridized carbons (Fsp3) is 0.133. The Hall–Kier alpha value is -1.65. The van der Waals surface area contributed by atoms with Gasteiger partial charge in [-0.25, -0.2) is 0 Å². The highest BCUT2D eigenvalue weighted by atomic mass is 79.9. The fourth-order valence-corrected chi connectivity index (χ4v) is 2.25. The van der Waals surface area contributed by atoms with Gasteiger partial charge in [-0.2, -0.15) is 0 Å². The summed E-state index contributed by atoms with van der Waals surface area (Å²) in [7, 11) is 0. The molecule has 19 heavy (non-hydrogen) atoms. The number of aryl methyl sites for hydroxylation is 1. The highest BCUT2D eigenvalue weighted by molar-refractivity contribution is 9.10. The first kappa shape index (κ1) is 13.8. The largest absolute Gasteiger partial charge is 0.392 e. The minimum absolute atomic E-state index is 0.0000463. The van der Waals surface area contributed by atoms with Gasteiger partial charge in [-0.3, -0.25) is 4.79 Å². The highest BCUT2D eigenvalue weighted by Gasteiger charge is 2.09. The van der Waals surface area contributed by atoms with Crippen molar-refractivity contribution in [2.24, 2.45) is 0 Å². The minimum atomic E-state index is -0.137. The van der Waals surface area contributed by atoms with Gasteiger partial charge in [0.25, 0.3) is 5.91 Å². The lowest BCUT2D eigenvalue weighted by Gasteiger charge is -2.08. The smallest absolute Gasteiger partial charge is 0.255 e. The van der Waals surface area contributed by atoms with Crippen molar-refractivity contribution in [1.29, 1.82) is 0 Å². The summed E-state index contributed by atoms with van der Waals surface area (Å²) in [4.78, 5) is 12.1. The molecule has 0 saturated carbocycles. The second-order valence-corrected chi connectivity index (χ2v) is 5.18. The Bertz CT molecular complexity index is 594. The third kappa shape index (κ3) is 3.43. The maximum Gasteiger partial charge on any atom is 0.255 e. The van der Waals surface area contributed by atoms with E-state index in [1.807, 2.05) is 19.1 Å². The molecule has 98 valence electrons. The van der Waals surface area contributed by atoms with E-state index in [4.69, 9.17) is 5.11 Å². The molecule has 0 aliphatic heterocycles. The van der Waals surface area contributed by atoms with Crippen LogP contribution >= 0.6 is 15.9 Å². The summed E-state index contributed by atoms with van der Waals surface area (Å²) < 4.78 is 0.953. The summed E-state index contributed by atoms with van der Waals surface area (Å²) in [5.41, 5.74) is 3.09. The van der Waals surface area contributed by atoms with Crippen molar-refractivity contribution in [2.45, 2.75) is 13.5 Å². The molecule has 0 bridgehead atoms. The third-order valence-electron chi connectivity index (χ3n) is 2.83. The van der Waals surface area contributed by atoms with Gasteiger partial charge >= 0.3 is 0 Å². The molecule has 2 aromatic rings. The number of hydrogen-bond donors (Lipinski definition) is 2. The van der Waals surface area contributed by atoms with Gasteiger partial charge in [-0.1, -0.05) is 28.1 Å². The molecule has 0 aromatic heterocycles. The van der Waals surface area contributed by atoms with Crippen molar-refractivity contribution >= 4 is 27.5 Å². The molecular weight excluding hydrogens is 306 g/mol. The van der Waals surface area contributed by atoms with Gasteiger partial charge in [0.05, 0.1) is 6.61 Å². The van der Waals surface area contributed by atoms with Gasteiger partial charge in [0.15, 0.2) is 0 Å². The number of anilines is 1. The Morgan fingerprint density at radius 3 is 2.47 bits per heavy atom. The molecule has 0 saturated heterocycles. The van der Waals surface area contributed by atoms with Crippen LogP contribution in [0.15, 0.2) is 46.9 Å². The molecule has 1 amide bonds. The predicted molar refractivity (Wildman–Crippen MR) is 79.2 cm³/mol. The van der Waals surface area contributed by atoms with Crippen molar-refractivity contribution in [3.05, 3.63) is 63.6 Å². The summed E-state index contributed by atoms with van der Waals surface area (Å²) in [6.07, 6.45) is 0. The number of halogens is 1. The SMILES string of the molecule is Cc1cc(Br)ccc1C(=O)Nc1ccc(CO)cc1. The van der Waals surface area contributed by atoms with Crippen molar-refractivity contribution in [2.75, 3.05) is 5.32 Å². The number of aliphatic hydroxyl groups is 1. The normalized spacial score (nSPS) is 10.3. The molecule has 0 heterocycles. The van der Waals surface area contributed by atoms with E-state index in [9.17, 15) is 4.79 Å². The number of nitrogens with one attached hydrogen (secondary N) is 1. The van der Waals surface area contributed by atoms with E-state index in [2.05, 4.69) is 21.2 Å². The molecule has 0 atom stereocenters. The monoisotopic (exact) mass is 319 g/mol. The Balaban J connectivity index is 2.15. The molecule has 0 unspecified atom stereocenters. The van der Waals surface area contributed by atoms with Gasteiger partial charge in [0, 0.05) is 15.7 Å². The van der Waals surface area contributed by atoms with Gasteiger partial charge in [-0.05, 0) is 48.4 Å². The van der Waals surface area contributed by atoms with Gasteiger partial charge in [0.2, 0.25) is 0 Å². The van der Waals surface area contributed by atoms with Crippen molar-refractivity contribution in [3.8, 4) is 0 Å². The van der Waals surface area contributed by atoms with Crippen LogP contribution in [0.4, 0.5) is 5.69 Å². The number of amides is 1. The number of carbonyl (C=O) groups is 1. The standard InChI is InChI=1S/C15H14BrNO2/c1-10-8-12(16)4-7-14(10)15(19)17-13-5-2-11(9-18)3-6-13/h2-8,18H,9H2,1H3,(H,17,19). The van der Waals surface area contributed by atoms with Gasteiger partial charge in [-0.15, -0.1) is 0 Å². The van der Waals surface area contributed by atoms with Crippen LogP contribution in [0, 0.1) is 6.92 Å². The summed E-state index contributed by atoms with van der Waals surface area (Å²) in [6, 6.07) is 12.7. The number of benzene rings is 2. The molecule has 3 nitrogen and oxygen atoms in total. The molecule has 0 fully saturated rings. The summed E-state index contributed by atoms with van der Waals surface area (Å²) >= 11 is 3.37. The lowest BCUT2D eigenvalue weighted by atomic mass is 10.1. The zero-order valence-electron chi connectivity index (χ0n) is 10.5. The number of carbonyl (C=O) groups excluding carboxylic acids is 1. The molecule has 0 radical (unpaired) electrons. The highest BCUT2D eigenvalue weighted by Crippen LogP contribution is 2.17. The average molecular weight is 320 g/mol. The van der Waals surface area contributed by atoms with E-state index in [0.717, 1.165) is 15.6 Å². The second-order valence-electron chi connectivity index (χ2n) is 4.27. The zero-order valence-corrected chi connectivity index (χ0v) is 12.1. The first-order valence-corrected chi connectivity index (χ1v) is 6.67. The van der Waals surface area contributed by atoms with E-state index < -0.39 is 0 Å². The van der Waals surface area contributed by atoms with Crippen LogP contribution in [0.2, 0.25) is 0 Å². The van der Waals surface area contributed by atoms with E-state index >= 15 is 0 Å². The van der Waals surface area contributed by atoms with Crippen molar-refractivity contribution in [3.63, 3.8) is 0 Å². The van der Waals surface area contributed by atoms with E-state index in [0.29, 0.717) is 11.3 Å². The Labute approximate surface area is 120 Å². The van der Waals surface area contributed by atoms with Crippen LogP contribution in [-0.2, 0) is 6.61 Å². The minimum Gasteiger partial charge on any atom is -0.392 e. The number of hydrogen-bond acceptors (Lipinski definition) is 2.